The zero-order valence-corrected chi connectivity index (χ0v) is 25.9. The molecule has 2 aliphatic rings. The number of hydrogen-bond acceptors (Lipinski definition) is 9. The van der Waals surface area contributed by atoms with Gasteiger partial charge in [0, 0.05) is 49.8 Å². The second-order valence-corrected chi connectivity index (χ2v) is 11.2. The number of nitrogens with one attached hydrogen (secondary N) is 1. The molecule has 0 aromatic heterocycles. The molecule has 2 aromatic carbocycles. The summed E-state index contributed by atoms with van der Waals surface area (Å²) in [5.41, 5.74) is 2.88. The van der Waals surface area contributed by atoms with E-state index in [2.05, 4.69) is 22.5 Å². The third kappa shape index (κ3) is 8.49. The molecule has 1 saturated heterocycles. The third-order valence-corrected chi connectivity index (χ3v) is 7.79. The second-order valence-electron chi connectivity index (χ2n) is 11.2. The largest absolute Gasteiger partial charge is 0.493 e. The number of amides is 3. The maximum absolute atomic E-state index is 13.1. The van der Waals surface area contributed by atoms with Crippen LogP contribution in [0.25, 0.3) is 0 Å². The number of imide groups is 1. The Labute approximate surface area is 258 Å². The van der Waals surface area contributed by atoms with Crippen molar-refractivity contribution in [1.29, 1.82) is 0 Å². The van der Waals surface area contributed by atoms with Gasteiger partial charge in [0.15, 0.2) is 17.3 Å². The number of nitrogens with zero attached hydrogens (tertiary/aromatic N) is 3. The standard InChI is InChI=1S/C33H42N4O7/c1-4-5-6-7-8-16-43-17-10-11-24(38)21-44-31-22(2)18-23(19-29(31)42-3)35-36-27-13-9-12-25-26(27)20-37(33(25)41)28-14-15-30(39)34-32(28)40/h9,12-13,18-19,28H,4-8,10-11,14-17,20-21H2,1-3H3,(H,34,39,40). The fraction of sp³-hybridized carbons (Fsp3) is 0.515. The van der Waals surface area contributed by atoms with Crippen molar-refractivity contribution in [2.45, 2.75) is 84.2 Å². The Kier molecular flexibility index (Phi) is 12.0. The van der Waals surface area contributed by atoms with E-state index < -0.39 is 11.9 Å². The van der Waals surface area contributed by atoms with E-state index in [0.29, 0.717) is 53.4 Å². The van der Waals surface area contributed by atoms with Crippen LogP contribution in [0, 0.1) is 6.92 Å². The molecule has 1 fully saturated rings. The van der Waals surface area contributed by atoms with E-state index in [-0.39, 0.29) is 43.6 Å². The van der Waals surface area contributed by atoms with Crippen LogP contribution in [0.2, 0.25) is 0 Å². The van der Waals surface area contributed by atoms with Crippen LogP contribution in [-0.2, 0) is 25.7 Å². The first-order valence-corrected chi connectivity index (χ1v) is 15.4. The first-order valence-electron chi connectivity index (χ1n) is 15.4. The molecule has 2 aromatic rings. The Bertz CT molecular complexity index is 1390. The van der Waals surface area contributed by atoms with Gasteiger partial charge in [-0.2, -0.15) is 10.2 Å². The summed E-state index contributed by atoms with van der Waals surface area (Å²) in [4.78, 5) is 50.9. The molecule has 2 heterocycles. The van der Waals surface area contributed by atoms with Crippen LogP contribution in [-0.4, -0.2) is 61.4 Å². The molecule has 3 amide bonds. The van der Waals surface area contributed by atoms with E-state index in [1.54, 1.807) is 30.3 Å². The molecule has 11 nitrogen and oxygen atoms in total. The number of methoxy groups -OCH3 is 1. The van der Waals surface area contributed by atoms with Crippen LogP contribution in [0.3, 0.4) is 0 Å². The fourth-order valence-corrected chi connectivity index (χ4v) is 5.40. The summed E-state index contributed by atoms with van der Waals surface area (Å²) in [6.45, 7) is 5.47. The number of rotatable bonds is 17. The lowest BCUT2D eigenvalue weighted by Crippen LogP contribution is -2.52. The maximum Gasteiger partial charge on any atom is 0.255 e. The lowest BCUT2D eigenvalue weighted by Gasteiger charge is -2.29. The summed E-state index contributed by atoms with van der Waals surface area (Å²) in [7, 11) is 1.52. The van der Waals surface area contributed by atoms with Gasteiger partial charge in [-0.15, -0.1) is 0 Å². The van der Waals surface area contributed by atoms with Crippen LogP contribution in [0.5, 0.6) is 11.5 Å². The van der Waals surface area contributed by atoms with Crippen molar-refractivity contribution >= 4 is 34.9 Å². The van der Waals surface area contributed by atoms with Gasteiger partial charge in [0.25, 0.3) is 5.91 Å². The van der Waals surface area contributed by atoms with Gasteiger partial charge < -0.3 is 19.1 Å². The number of azo groups is 1. The topological polar surface area (TPSA) is 136 Å². The van der Waals surface area contributed by atoms with Gasteiger partial charge in [-0.05, 0) is 49.9 Å². The minimum Gasteiger partial charge on any atom is -0.493 e. The molecule has 2 aliphatic heterocycles. The third-order valence-electron chi connectivity index (χ3n) is 7.79. The van der Waals surface area contributed by atoms with Crippen LogP contribution < -0.4 is 14.8 Å². The molecule has 1 unspecified atom stereocenters. The highest BCUT2D eigenvalue weighted by Gasteiger charge is 2.39. The van der Waals surface area contributed by atoms with E-state index in [1.165, 1.54) is 37.7 Å². The predicted molar refractivity (Wildman–Crippen MR) is 164 cm³/mol. The quantitative estimate of drug-likeness (QED) is 0.135. The Morgan fingerprint density at radius 2 is 1.84 bits per heavy atom. The van der Waals surface area contributed by atoms with Gasteiger partial charge in [-0.1, -0.05) is 38.7 Å². The molecule has 1 N–H and O–H groups in total. The molecule has 0 aliphatic carbocycles. The Morgan fingerprint density at radius 3 is 2.61 bits per heavy atom. The second kappa shape index (κ2) is 16.1. The lowest BCUT2D eigenvalue weighted by atomic mass is 10.0. The molecule has 44 heavy (non-hydrogen) atoms. The van der Waals surface area contributed by atoms with Crippen molar-refractivity contribution in [3.63, 3.8) is 0 Å². The van der Waals surface area contributed by atoms with E-state index in [0.717, 1.165) is 18.6 Å². The Hall–Kier alpha value is -4.12. The van der Waals surface area contributed by atoms with Crippen molar-refractivity contribution in [2.24, 2.45) is 10.2 Å². The molecular weight excluding hydrogens is 564 g/mol. The van der Waals surface area contributed by atoms with Gasteiger partial charge in [-0.25, -0.2) is 0 Å². The number of unbranched alkanes of at least 4 members (excludes halogenated alkanes) is 4. The number of ketones is 1. The average Bonchev–Trinajstić information content (AvgIpc) is 3.34. The zero-order chi connectivity index (χ0) is 31.5. The summed E-state index contributed by atoms with van der Waals surface area (Å²) in [5, 5.41) is 11.1. The number of fused-ring (bicyclic) bond motifs is 1. The molecular formula is C33H42N4O7. The number of piperidine rings is 1. The zero-order valence-electron chi connectivity index (χ0n) is 25.9. The smallest absolute Gasteiger partial charge is 0.255 e. The molecule has 1 atom stereocenters. The summed E-state index contributed by atoms with van der Waals surface area (Å²) >= 11 is 0. The molecule has 0 bridgehead atoms. The van der Waals surface area contributed by atoms with E-state index >= 15 is 0 Å². The first kappa shape index (κ1) is 32.8. The SMILES string of the molecule is CCCCCCCOCCCC(=O)COc1c(C)cc(N=Nc2cccc3c2CN(C2CCC(=O)NC2=O)C3=O)cc1OC. The van der Waals surface area contributed by atoms with Gasteiger partial charge >= 0.3 is 0 Å². The molecule has 11 heteroatoms. The Morgan fingerprint density at radius 1 is 1.05 bits per heavy atom. The Balaban J connectivity index is 1.32. The number of benzene rings is 2. The minimum absolute atomic E-state index is 0.0133. The minimum atomic E-state index is -0.706. The van der Waals surface area contributed by atoms with Gasteiger partial charge in [0.1, 0.15) is 12.6 Å². The highest BCUT2D eigenvalue weighted by atomic mass is 16.5. The van der Waals surface area contributed by atoms with Crippen molar-refractivity contribution in [1.82, 2.24) is 10.2 Å². The molecule has 236 valence electrons. The van der Waals surface area contributed by atoms with Crippen LogP contribution in [0.15, 0.2) is 40.6 Å². The normalized spacial score (nSPS) is 16.4. The summed E-state index contributed by atoms with van der Waals surface area (Å²) in [6, 6.07) is 7.93. The maximum atomic E-state index is 13.1. The number of ether oxygens (including phenoxy) is 3. The highest BCUT2D eigenvalue weighted by molar-refractivity contribution is 6.06. The van der Waals surface area contributed by atoms with E-state index in [1.807, 2.05) is 6.92 Å². The fourth-order valence-electron chi connectivity index (χ4n) is 5.40. The highest BCUT2D eigenvalue weighted by Crippen LogP contribution is 2.38. The van der Waals surface area contributed by atoms with Crippen molar-refractivity contribution in [3.8, 4) is 11.5 Å². The summed E-state index contributed by atoms with van der Waals surface area (Å²) < 4.78 is 17.0. The molecule has 0 spiro atoms. The molecule has 0 radical (unpaired) electrons. The lowest BCUT2D eigenvalue weighted by molar-refractivity contribution is -0.137. The number of carbonyl (C=O) groups is 4. The van der Waals surface area contributed by atoms with E-state index in [9.17, 15) is 19.2 Å². The van der Waals surface area contributed by atoms with Gasteiger partial charge in [0.2, 0.25) is 11.8 Å². The average molecular weight is 607 g/mol. The van der Waals surface area contributed by atoms with Gasteiger partial charge in [-0.3, -0.25) is 24.5 Å². The number of Topliss-reactive ketones (excluding diaryl/α,β-unsaturated/α-hetero) is 1. The number of hydrogen-bond donors (Lipinski definition) is 1. The monoisotopic (exact) mass is 606 g/mol. The van der Waals surface area contributed by atoms with Gasteiger partial charge in [0.05, 0.1) is 18.5 Å². The van der Waals surface area contributed by atoms with E-state index in [4.69, 9.17) is 14.2 Å². The first-order chi connectivity index (χ1) is 21.3. The van der Waals surface area contributed by atoms with Crippen LogP contribution >= 0.6 is 0 Å². The number of carbonyl (C=O) groups excluding carboxylic acids is 4. The van der Waals surface area contributed by atoms with Crippen molar-refractivity contribution in [2.75, 3.05) is 26.9 Å². The van der Waals surface area contributed by atoms with Crippen LogP contribution in [0.1, 0.15) is 86.2 Å². The van der Waals surface area contributed by atoms with Crippen molar-refractivity contribution in [3.05, 3.63) is 47.0 Å². The molecule has 4 rings (SSSR count). The molecule has 0 saturated carbocycles. The van der Waals surface area contributed by atoms with Crippen LogP contribution in [0.4, 0.5) is 11.4 Å². The predicted octanol–water partition coefficient (Wildman–Crippen LogP) is 5.90. The summed E-state index contributed by atoms with van der Waals surface area (Å²) in [5.74, 6) is -0.187. The van der Waals surface area contributed by atoms with Crippen molar-refractivity contribution < 1.29 is 33.4 Å². The number of aryl methyl sites for hydroxylation is 1. The summed E-state index contributed by atoms with van der Waals surface area (Å²) in [6.07, 6.45) is 7.48.